The molecule has 104 valence electrons. The number of benzene rings is 1. The van der Waals surface area contributed by atoms with Crippen LogP contribution in [0.15, 0.2) is 12.1 Å². The van der Waals surface area contributed by atoms with Crippen molar-refractivity contribution in [1.82, 2.24) is 5.32 Å². The molecule has 2 rings (SSSR count). The molecule has 1 fully saturated rings. The SMILES string of the molecule is CCC1(C(=O)Cc2c(C)cc(C)cc2C)CCNC1. The molecule has 1 aliphatic heterocycles. The van der Waals surface area contributed by atoms with E-state index in [1.165, 1.54) is 22.3 Å². The van der Waals surface area contributed by atoms with E-state index in [9.17, 15) is 4.79 Å². The molecule has 0 aliphatic carbocycles. The number of carbonyl (C=O) groups excluding carboxylic acids is 1. The Morgan fingerprint density at radius 1 is 1.26 bits per heavy atom. The molecule has 0 spiro atoms. The van der Waals surface area contributed by atoms with E-state index in [1.54, 1.807) is 0 Å². The van der Waals surface area contributed by atoms with Gasteiger partial charge in [-0.1, -0.05) is 24.6 Å². The summed E-state index contributed by atoms with van der Waals surface area (Å²) in [5, 5.41) is 3.35. The summed E-state index contributed by atoms with van der Waals surface area (Å²) in [6.45, 7) is 10.3. The van der Waals surface area contributed by atoms with Crippen LogP contribution in [0.5, 0.6) is 0 Å². The van der Waals surface area contributed by atoms with Gasteiger partial charge in [0.25, 0.3) is 0 Å². The van der Waals surface area contributed by atoms with Crippen LogP contribution >= 0.6 is 0 Å². The Hall–Kier alpha value is -1.15. The van der Waals surface area contributed by atoms with Crippen molar-refractivity contribution in [2.24, 2.45) is 5.41 Å². The summed E-state index contributed by atoms with van der Waals surface area (Å²) in [5.41, 5.74) is 4.89. The topological polar surface area (TPSA) is 29.1 Å². The Morgan fingerprint density at radius 3 is 2.37 bits per heavy atom. The van der Waals surface area contributed by atoms with Crippen LogP contribution in [0.25, 0.3) is 0 Å². The minimum Gasteiger partial charge on any atom is -0.316 e. The van der Waals surface area contributed by atoms with Crippen LogP contribution in [0, 0.1) is 26.2 Å². The molecule has 2 heteroatoms. The van der Waals surface area contributed by atoms with E-state index in [0.717, 1.165) is 25.9 Å². The fourth-order valence-electron chi connectivity index (χ4n) is 3.32. The largest absolute Gasteiger partial charge is 0.316 e. The molecule has 0 aromatic heterocycles. The molecule has 2 nitrogen and oxygen atoms in total. The molecule has 1 aliphatic rings. The van der Waals surface area contributed by atoms with Crippen LogP contribution in [-0.2, 0) is 11.2 Å². The van der Waals surface area contributed by atoms with E-state index < -0.39 is 0 Å². The van der Waals surface area contributed by atoms with Crippen molar-refractivity contribution in [3.63, 3.8) is 0 Å². The first kappa shape index (κ1) is 14.3. The minimum atomic E-state index is -0.121. The number of nitrogens with one attached hydrogen (secondary N) is 1. The fourth-order valence-corrected chi connectivity index (χ4v) is 3.32. The Balaban J connectivity index is 2.24. The van der Waals surface area contributed by atoms with Gasteiger partial charge in [-0.05, 0) is 56.8 Å². The number of hydrogen-bond acceptors (Lipinski definition) is 2. The van der Waals surface area contributed by atoms with Gasteiger partial charge in [-0.3, -0.25) is 4.79 Å². The van der Waals surface area contributed by atoms with Crippen LogP contribution in [0.1, 0.15) is 42.0 Å². The van der Waals surface area contributed by atoms with Crippen molar-refractivity contribution in [3.05, 3.63) is 34.4 Å². The van der Waals surface area contributed by atoms with Crippen LogP contribution in [0.4, 0.5) is 0 Å². The smallest absolute Gasteiger partial charge is 0.144 e. The van der Waals surface area contributed by atoms with Crippen LogP contribution in [0.2, 0.25) is 0 Å². The first-order valence-electron chi connectivity index (χ1n) is 7.29. The Labute approximate surface area is 116 Å². The molecule has 19 heavy (non-hydrogen) atoms. The van der Waals surface area contributed by atoms with E-state index in [4.69, 9.17) is 0 Å². The van der Waals surface area contributed by atoms with E-state index in [-0.39, 0.29) is 5.41 Å². The zero-order valence-electron chi connectivity index (χ0n) is 12.6. The molecule has 1 heterocycles. The maximum Gasteiger partial charge on any atom is 0.144 e. The molecule has 1 saturated heterocycles. The lowest BCUT2D eigenvalue weighted by Crippen LogP contribution is -2.34. The summed E-state index contributed by atoms with van der Waals surface area (Å²) in [5.74, 6) is 0.412. The van der Waals surface area contributed by atoms with Gasteiger partial charge in [-0.25, -0.2) is 0 Å². The van der Waals surface area contributed by atoms with Gasteiger partial charge in [-0.15, -0.1) is 0 Å². The predicted octanol–water partition coefficient (Wildman–Crippen LogP) is 3.11. The summed E-state index contributed by atoms with van der Waals surface area (Å²) in [6.07, 6.45) is 2.53. The number of hydrogen-bond donors (Lipinski definition) is 1. The predicted molar refractivity (Wildman–Crippen MR) is 79.6 cm³/mol. The normalized spacial score (nSPS) is 22.7. The molecule has 0 saturated carbocycles. The van der Waals surface area contributed by atoms with E-state index in [0.29, 0.717) is 12.2 Å². The first-order valence-corrected chi connectivity index (χ1v) is 7.29. The summed E-state index contributed by atoms with van der Waals surface area (Å²) >= 11 is 0. The molecule has 1 aromatic carbocycles. The van der Waals surface area contributed by atoms with Crippen molar-refractivity contribution >= 4 is 5.78 Å². The van der Waals surface area contributed by atoms with Crippen LogP contribution in [-0.4, -0.2) is 18.9 Å². The third-order valence-corrected chi connectivity index (χ3v) is 4.69. The number of aryl methyl sites for hydroxylation is 3. The Kier molecular flexibility index (Phi) is 4.10. The van der Waals surface area contributed by atoms with Crippen molar-refractivity contribution < 1.29 is 4.79 Å². The van der Waals surface area contributed by atoms with E-state index in [2.05, 4.69) is 45.1 Å². The lowest BCUT2D eigenvalue weighted by molar-refractivity contribution is -0.127. The quantitative estimate of drug-likeness (QED) is 0.900. The van der Waals surface area contributed by atoms with Crippen LogP contribution in [0.3, 0.4) is 0 Å². The van der Waals surface area contributed by atoms with Gasteiger partial charge < -0.3 is 5.32 Å². The molecule has 0 amide bonds. The highest BCUT2D eigenvalue weighted by Gasteiger charge is 2.38. The highest BCUT2D eigenvalue weighted by molar-refractivity contribution is 5.88. The summed E-state index contributed by atoms with van der Waals surface area (Å²) in [7, 11) is 0. The zero-order valence-corrected chi connectivity index (χ0v) is 12.6. The Morgan fingerprint density at radius 2 is 1.89 bits per heavy atom. The number of carbonyl (C=O) groups is 1. The monoisotopic (exact) mass is 259 g/mol. The van der Waals surface area contributed by atoms with Crippen molar-refractivity contribution in [3.8, 4) is 0 Å². The average Bonchev–Trinajstić information content (AvgIpc) is 2.83. The van der Waals surface area contributed by atoms with Gasteiger partial charge >= 0.3 is 0 Å². The van der Waals surface area contributed by atoms with Gasteiger partial charge in [0.2, 0.25) is 0 Å². The summed E-state index contributed by atoms with van der Waals surface area (Å²) in [6, 6.07) is 4.36. The van der Waals surface area contributed by atoms with E-state index >= 15 is 0 Å². The van der Waals surface area contributed by atoms with Crippen molar-refractivity contribution in [1.29, 1.82) is 0 Å². The molecular formula is C17H25NO. The van der Waals surface area contributed by atoms with Gasteiger partial charge in [-0.2, -0.15) is 0 Å². The molecule has 0 radical (unpaired) electrons. The Bertz CT molecular complexity index is 461. The molecule has 0 bridgehead atoms. The van der Waals surface area contributed by atoms with Gasteiger partial charge in [0.05, 0.1) is 0 Å². The second-order valence-electron chi connectivity index (χ2n) is 6.04. The lowest BCUT2D eigenvalue weighted by atomic mass is 9.77. The standard InChI is InChI=1S/C17H25NO/c1-5-17(6-7-18-11-17)16(19)10-15-13(3)8-12(2)9-14(15)4/h8-9,18H,5-7,10-11H2,1-4H3. The van der Waals surface area contributed by atoms with Gasteiger partial charge in [0, 0.05) is 18.4 Å². The second kappa shape index (κ2) is 5.46. The molecular weight excluding hydrogens is 234 g/mol. The maximum absolute atomic E-state index is 12.7. The van der Waals surface area contributed by atoms with Crippen molar-refractivity contribution in [2.45, 2.75) is 47.0 Å². The van der Waals surface area contributed by atoms with Gasteiger partial charge in [0.1, 0.15) is 5.78 Å². The summed E-state index contributed by atoms with van der Waals surface area (Å²) < 4.78 is 0. The number of Topliss-reactive ketones (excluding diaryl/α,β-unsaturated/α-hetero) is 1. The molecule has 1 aromatic rings. The third kappa shape index (κ3) is 2.74. The minimum absolute atomic E-state index is 0.121. The third-order valence-electron chi connectivity index (χ3n) is 4.69. The molecule has 1 N–H and O–H groups in total. The fraction of sp³-hybridized carbons (Fsp3) is 0.588. The van der Waals surface area contributed by atoms with Gasteiger partial charge in [0.15, 0.2) is 0 Å². The molecule has 1 unspecified atom stereocenters. The highest BCUT2D eigenvalue weighted by Crippen LogP contribution is 2.32. The van der Waals surface area contributed by atoms with E-state index in [1.807, 2.05) is 0 Å². The average molecular weight is 259 g/mol. The second-order valence-corrected chi connectivity index (χ2v) is 6.04. The maximum atomic E-state index is 12.7. The van der Waals surface area contributed by atoms with Crippen molar-refractivity contribution in [2.75, 3.05) is 13.1 Å². The number of rotatable bonds is 4. The number of ketones is 1. The van der Waals surface area contributed by atoms with Crippen LogP contribution < -0.4 is 5.32 Å². The molecule has 1 atom stereocenters. The first-order chi connectivity index (χ1) is 8.98. The highest BCUT2D eigenvalue weighted by atomic mass is 16.1. The summed E-state index contributed by atoms with van der Waals surface area (Å²) in [4.78, 5) is 12.7. The zero-order chi connectivity index (χ0) is 14.0. The lowest BCUT2D eigenvalue weighted by Gasteiger charge is -2.25.